The van der Waals surface area contributed by atoms with E-state index in [0.717, 1.165) is 30.8 Å². The van der Waals surface area contributed by atoms with Crippen molar-refractivity contribution in [1.82, 2.24) is 0 Å². The SMILES string of the molecule is CCC(C)(C)c1ccc2c(c1)C(c1ccc(OC)cc1)(c1ccc(OC)cc1)c1cc(C(C)(CC)CC)ccc1-2. The van der Waals surface area contributed by atoms with E-state index >= 15 is 0 Å². The van der Waals surface area contributed by atoms with Gasteiger partial charge in [0.1, 0.15) is 11.5 Å². The average Bonchev–Trinajstić information content (AvgIpc) is 3.30. The monoisotopic (exact) mass is 532 g/mol. The summed E-state index contributed by atoms with van der Waals surface area (Å²) in [4.78, 5) is 0. The van der Waals surface area contributed by atoms with Gasteiger partial charge in [0, 0.05) is 0 Å². The topological polar surface area (TPSA) is 18.5 Å². The fraction of sp³-hybridized carbons (Fsp3) is 0.368. The summed E-state index contributed by atoms with van der Waals surface area (Å²) in [6.07, 6.45) is 3.27. The maximum Gasteiger partial charge on any atom is 0.118 e. The van der Waals surface area contributed by atoms with Gasteiger partial charge in [0.15, 0.2) is 0 Å². The van der Waals surface area contributed by atoms with Crippen LogP contribution in [0.15, 0.2) is 84.9 Å². The lowest BCUT2D eigenvalue weighted by molar-refractivity contribution is 0.414. The van der Waals surface area contributed by atoms with E-state index in [1.165, 1.54) is 44.5 Å². The first-order valence-corrected chi connectivity index (χ1v) is 14.8. The van der Waals surface area contributed by atoms with E-state index in [0.29, 0.717) is 0 Å². The highest BCUT2D eigenvalue weighted by molar-refractivity contribution is 5.87. The Hall–Kier alpha value is -3.52. The summed E-state index contributed by atoms with van der Waals surface area (Å²) in [5, 5.41) is 0. The van der Waals surface area contributed by atoms with E-state index in [1.807, 2.05) is 0 Å². The fourth-order valence-electron chi connectivity index (χ4n) is 6.45. The Bertz CT molecular complexity index is 1440. The molecule has 0 amide bonds. The van der Waals surface area contributed by atoms with Crippen LogP contribution in [0.25, 0.3) is 11.1 Å². The van der Waals surface area contributed by atoms with Gasteiger partial charge in [-0.2, -0.15) is 0 Å². The smallest absolute Gasteiger partial charge is 0.118 e. The molecule has 2 nitrogen and oxygen atoms in total. The van der Waals surface area contributed by atoms with Crippen molar-refractivity contribution in [2.45, 2.75) is 77.0 Å². The Morgan fingerprint density at radius 3 is 1.38 bits per heavy atom. The third-order valence-electron chi connectivity index (χ3n) is 10.1. The average molecular weight is 533 g/mol. The summed E-state index contributed by atoms with van der Waals surface area (Å²) in [6.45, 7) is 14.0. The van der Waals surface area contributed by atoms with Crippen molar-refractivity contribution in [1.29, 1.82) is 0 Å². The van der Waals surface area contributed by atoms with Gasteiger partial charge in [-0.3, -0.25) is 0 Å². The minimum Gasteiger partial charge on any atom is -0.497 e. The van der Waals surface area contributed by atoms with Gasteiger partial charge in [0.2, 0.25) is 0 Å². The van der Waals surface area contributed by atoms with E-state index in [-0.39, 0.29) is 10.8 Å². The molecule has 4 aromatic carbocycles. The van der Waals surface area contributed by atoms with E-state index in [4.69, 9.17) is 9.47 Å². The molecule has 0 fully saturated rings. The van der Waals surface area contributed by atoms with E-state index in [9.17, 15) is 0 Å². The molecular weight excluding hydrogens is 488 g/mol. The molecule has 0 N–H and O–H groups in total. The number of fused-ring (bicyclic) bond motifs is 3. The normalized spacial score (nSPS) is 14.0. The molecule has 0 saturated heterocycles. The van der Waals surface area contributed by atoms with Crippen LogP contribution in [0.1, 0.15) is 94.2 Å². The van der Waals surface area contributed by atoms with Gasteiger partial charge in [-0.1, -0.05) is 102 Å². The predicted octanol–water partition coefficient (Wildman–Crippen LogP) is 9.83. The second-order valence-electron chi connectivity index (χ2n) is 12.2. The van der Waals surface area contributed by atoms with Crippen molar-refractivity contribution in [2.75, 3.05) is 14.2 Å². The Morgan fingerprint density at radius 2 is 0.975 bits per heavy atom. The highest BCUT2D eigenvalue weighted by Gasteiger charge is 2.47. The maximum atomic E-state index is 5.59. The molecule has 0 saturated carbocycles. The minimum absolute atomic E-state index is 0.0729. The highest BCUT2D eigenvalue weighted by Crippen LogP contribution is 2.58. The lowest BCUT2D eigenvalue weighted by Gasteiger charge is -2.36. The number of benzene rings is 4. The van der Waals surface area contributed by atoms with Crippen molar-refractivity contribution in [2.24, 2.45) is 0 Å². The molecule has 0 unspecified atom stereocenters. The molecule has 0 heterocycles. The van der Waals surface area contributed by atoms with Gasteiger partial charge in [-0.05, 0) is 98.9 Å². The zero-order chi connectivity index (χ0) is 28.7. The van der Waals surface area contributed by atoms with Crippen molar-refractivity contribution in [3.63, 3.8) is 0 Å². The lowest BCUT2D eigenvalue weighted by Crippen LogP contribution is -2.30. The Labute approximate surface area is 241 Å². The van der Waals surface area contributed by atoms with Crippen LogP contribution in [0.3, 0.4) is 0 Å². The van der Waals surface area contributed by atoms with Gasteiger partial charge < -0.3 is 9.47 Å². The molecule has 0 aromatic heterocycles. The van der Waals surface area contributed by atoms with E-state index in [1.54, 1.807) is 14.2 Å². The van der Waals surface area contributed by atoms with E-state index < -0.39 is 5.41 Å². The molecular formula is C38H44O2. The van der Waals surface area contributed by atoms with Gasteiger partial charge in [0.05, 0.1) is 19.6 Å². The summed E-state index contributed by atoms with van der Waals surface area (Å²) in [5.74, 6) is 1.73. The molecule has 5 rings (SSSR count). The molecule has 0 aliphatic heterocycles. The zero-order valence-electron chi connectivity index (χ0n) is 25.5. The molecule has 0 atom stereocenters. The lowest BCUT2D eigenvalue weighted by atomic mass is 9.66. The molecule has 4 aromatic rings. The van der Waals surface area contributed by atoms with Crippen LogP contribution in [0.2, 0.25) is 0 Å². The molecule has 40 heavy (non-hydrogen) atoms. The van der Waals surface area contributed by atoms with Crippen molar-refractivity contribution < 1.29 is 9.47 Å². The maximum absolute atomic E-state index is 5.59. The quantitative estimate of drug-likeness (QED) is 0.188. The summed E-state index contributed by atoms with van der Waals surface area (Å²) in [7, 11) is 3.46. The molecule has 2 heteroatoms. The first kappa shape index (κ1) is 28.0. The van der Waals surface area contributed by atoms with Crippen LogP contribution >= 0.6 is 0 Å². The first-order chi connectivity index (χ1) is 19.2. The summed E-state index contributed by atoms with van der Waals surface area (Å²) in [5.41, 5.74) is 10.3. The van der Waals surface area contributed by atoms with Crippen molar-refractivity contribution >= 4 is 0 Å². The van der Waals surface area contributed by atoms with Gasteiger partial charge in [-0.25, -0.2) is 0 Å². The fourth-order valence-corrected chi connectivity index (χ4v) is 6.45. The third-order valence-corrected chi connectivity index (χ3v) is 10.1. The van der Waals surface area contributed by atoms with Crippen LogP contribution in [0.5, 0.6) is 11.5 Å². The van der Waals surface area contributed by atoms with Crippen molar-refractivity contribution in [3.05, 3.63) is 118 Å². The standard InChI is InChI=1S/C38H44O2/c1-9-36(4,5)28-16-22-32-33-23-17-29(37(6,10-2)11-3)25-35(33)38(34(32)24-28,26-12-18-30(39-7)19-13-26)27-14-20-31(40-8)21-15-27/h12-25H,9-11H2,1-8H3. The summed E-state index contributed by atoms with van der Waals surface area (Å²) >= 11 is 0. The highest BCUT2D eigenvalue weighted by atomic mass is 16.5. The summed E-state index contributed by atoms with van der Waals surface area (Å²) < 4.78 is 11.2. The van der Waals surface area contributed by atoms with Crippen LogP contribution < -0.4 is 9.47 Å². The van der Waals surface area contributed by atoms with Gasteiger partial charge >= 0.3 is 0 Å². The Morgan fingerprint density at radius 1 is 0.550 bits per heavy atom. The number of ether oxygens (including phenoxy) is 2. The van der Waals surface area contributed by atoms with Crippen LogP contribution in [0, 0.1) is 0 Å². The number of rotatable bonds is 9. The minimum atomic E-state index is -0.471. The third kappa shape index (κ3) is 4.24. The zero-order valence-corrected chi connectivity index (χ0v) is 25.5. The number of hydrogen-bond acceptors (Lipinski definition) is 2. The Kier molecular flexibility index (Phi) is 7.33. The molecule has 1 aliphatic carbocycles. The van der Waals surface area contributed by atoms with Crippen LogP contribution in [-0.4, -0.2) is 14.2 Å². The van der Waals surface area contributed by atoms with Crippen LogP contribution in [-0.2, 0) is 16.2 Å². The van der Waals surface area contributed by atoms with Gasteiger partial charge in [0.25, 0.3) is 0 Å². The number of hydrogen-bond donors (Lipinski definition) is 0. The second-order valence-corrected chi connectivity index (χ2v) is 12.2. The predicted molar refractivity (Wildman–Crippen MR) is 168 cm³/mol. The largest absolute Gasteiger partial charge is 0.497 e. The second kappa shape index (κ2) is 10.5. The van der Waals surface area contributed by atoms with Crippen molar-refractivity contribution in [3.8, 4) is 22.6 Å². The molecule has 0 spiro atoms. The van der Waals surface area contributed by atoms with Crippen LogP contribution in [0.4, 0.5) is 0 Å². The van der Waals surface area contributed by atoms with E-state index in [2.05, 4.69) is 126 Å². The van der Waals surface area contributed by atoms with Gasteiger partial charge in [-0.15, -0.1) is 0 Å². The molecule has 0 bridgehead atoms. The molecule has 0 radical (unpaired) electrons. The molecule has 208 valence electrons. The Balaban J connectivity index is 1.93. The summed E-state index contributed by atoms with van der Waals surface area (Å²) in [6, 6.07) is 31.9. The first-order valence-electron chi connectivity index (χ1n) is 14.8. The molecule has 1 aliphatic rings. The number of methoxy groups -OCH3 is 2.